The SMILES string of the molecule is CCOc1ccccc1NC(=O)C(=O)NN=Cc1ccccc1OC(=O)c1ccc(C)cc1. The molecule has 0 bridgehead atoms. The van der Waals surface area contributed by atoms with Crippen LogP contribution in [0, 0.1) is 6.92 Å². The maximum absolute atomic E-state index is 12.4. The third-order valence-electron chi connectivity index (χ3n) is 4.42. The highest BCUT2D eigenvalue weighted by atomic mass is 16.5. The molecule has 0 aromatic heterocycles. The lowest BCUT2D eigenvalue weighted by molar-refractivity contribution is -0.136. The number of anilines is 1. The average molecular weight is 445 g/mol. The van der Waals surface area contributed by atoms with Gasteiger partial charge in [0, 0.05) is 5.56 Å². The Hall–Kier alpha value is -4.46. The van der Waals surface area contributed by atoms with Crippen LogP contribution in [0.4, 0.5) is 5.69 Å². The second kappa shape index (κ2) is 11.2. The van der Waals surface area contributed by atoms with Crippen LogP contribution in [0.3, 0.4) is 0 Å². The average Bonchev–Trinajstić information content (AvgIpc) is 2.82. The van der Waals surface area contributed by atoms with Crippen molar-refractivity contribution in [3.8, 4) is 11.5 Å². The molecule has 0 spiro atoms. The Kier molecular flexibility index (Phi) is 7.91. The van der Waals surface area contributed by atoms with Gasteiger partial charge in [0.1, 0.15) is 11.5 Å². The summed E-state index contributed by atoms with van der Waals surface area (Å²) in [5.41, 5.74) is 4.41. The van der Waals surface area contributed by atoms with Gasteiger partial charge in [0.05, 0.1) is 24.1 Å². The van der Waals surface area contributed by atoms with Crippen molar-refractivity contribution in [3.63, 3.8) is 0 Å². The monoisotopic (exact) mass is 445 g/mol. The van der Waals surface area contributed by atoms with Crippen LogP contribution in [0.15, 0.2) is 77.9 Å². The molecule has 0 aliphatic carbocycles. The Balaban J connectivity index is 1.62. The van der Waals surface area contributed by atoms with E-state index in [2.05, 4.69) is 15.8 Å². The first-order valence-electron chi connectivity index (χ1n) is 10.2. The summed E-state index contributed by atoms with van der Waals surface area (Å²) in [4.78, 5) is 36.7. The van der Waals surface area contributed by atoms with E-state index >= 15 is 0 Å². The van der Waals surface area contributed by atoms with Gasteiger partial charge in [-0.1, -0.05) is 42.0 Å². The van der Waals surface area contributed by atoms with Gasteiger partial charge in [0.15, 0.2) is 0 Å². The molecule has 0 saturated heterocycles. The Morgan fingerprint density at radius 3 is 2.27 bits per heavy atom. The van der Waals surface area contributed by atoms with Gasteiger partial charge in [-0.3, -0.25) is 9.59 Å². The Labute approximate surface area is 191 Å². The summed E-state index contributed by atoms with van der Waals surface area (Å²) in [5.74, 6) is -1.68. The highest BCUT2D eigenvalue weighted by molar-refractivity contribution is 6.39. The van der Waals surface area contributed by atoms with Crippen molar-refractivity contribution in [2.24, 2.45) is 5.10 Å². The molecule has 0 aliphatic heterocycles. The van der Waals surface area contributed by atoms with Crippen molar-refractivity contribution in [3.05, 3.63) is 89.5 Å². The topological polar surface area (TPSA) is 106 Å². The number of nitrogens with zero attached hydrogens (tertiary/aromatic N) is 1. The number of rotatable bonds is 7. The Morgan fingerprint density at radius 2 is 1.55 bits per heavy atom. The Morgan fingerprint density at radius 1 is 0.879 bits per heavy atom. The van der Waals surface area contributed by atoms with Gasteiger partial charge in [0.25, 0.3) is 0 Å². The number of amides is 2. The van der Waals surface area contributed by atoms with Gasteiger partial charge in [-0.2, -0.15) is 5.10 Å². The molecule has 3 rings (SSSR count). The first-order chi connectivity index (χ1) is 16.0. The van der Waals surface area contributed by atoms with Crippen LogP contribution in [0.1, 0.15) is 28.4 Å². The van der Waals surface area contributed by atoms with Crippen LogP contribution in [0.25, 0.3) is 0 Å². The molecular formula is C25H23N3O5. The summed E-state index contributed by atoms with van der Waals surface area (Å²) >= 11 is 0. The number of hydrogen-bond donors (Lipinski definition) is 2. The predicted octanol–water partition coefficient (Wildman–Crippen LogP) is 3.70. The lowest BCUT2D eigenvalue weighted by atomic mass is 10.1. The van der Waals surface area contributed by atoms with Crippen molar-refractivity contribution in [1.82, 2.24) is 5.43 Å². The number of hydrazone groups is 1. The summed E-state index contributed by atoms with van der Waals surface area (Å²) in [6, 6.07) is 20.5. The largest absolute Gasteiger partial charge is 0.492 e. The molecule has 0 unspecified atom stereocenters. The molecule has 0 aliphatic rings. The van der Waals surface area contributed by atoms with E-state index in [1.54, 1.807) is 60.7 Å². The molecule has 8 heteroatoms. The highest BCUT2D eigenvalue weighted by Gasteiger charge is 2.15. The molecule has 3 aromatic carbocycles. The number of ether oxygens (including phenoxy) is 2. The van der Waals surface area contributed by atoms with Crippen molar-refractivity contribution in [2.45, 2.75) is 13.8 Å². The van der Waals surface area contributed by atoms with E-state index in [0.717, 1.165) is 5.56 Å². The van der Waals surface area contributed by atoms with E-state index in [9.17, 15) is 14.4 Å². The lowest BCUT2D eigenvalue weighted by Gasteiger charge is -2.10. The molecule has 0 heterocycles. The third kappa shape index (κ3) is 6.51. The van der Waals surface area contributed by atoms with E-state index in [4.69, 9.17) is 9.47 Å². The molecule has 2 N–H and O–H groups in total. The van der Waals surface area contributed by atoms with Crippen LogP contribution in [0.2, 0.25) is 0 Å². The molecule has 168 valence electrons. The van der Waals surface area contributed by atoms with Gasteiger partial charge in [-0.25, -0.2) is 10.2 Å². The quantitative estimate of drug-likeness (QED) is 0.190. The van der Waals surface area contributed by atoms with Gasteiger partial charge in [-0.15, -0.1) is 0 Å². The fourth-order valence-corrected chi connectivity index (χ4v) is 2.77. The molecule has 0 saturated carbocycles. The summed E-state index contributed by atoms with van der Waals surface area (Å²) < 4.78 is 10.9. The van der Waals surface area contributed by atoms with Crippen LogP contribution < -0.4 is 20.2 Å². The van der Waals surface area contributed by atoms with Crippen molar-refractivity contribution >= 4 is 29.7 Å². The summed E-state index contributed by atoms with van der Waals surface area (Å²) in [7, 11) is 0. The van der Waals surface area contributed by atoms with E-state index in [0.29, 0.717) is 29.2 Å². The molecule has 8 nitrogen and oxygen atoms in total. The molecule has 0 fully saturated rings. The predicted molar refractivity (Wildman–Crippen MR) is 125 cm³/mol. The number of hydrogen-bond acceptors (Lipinski definition) is 6. The zero-order valence-corrected chi connectivity index (χ0v) is 18.2. The molecule has 3 aromatic rings. The van der Waals surface area contributed by atoms with E-state index < -0.39 is 17.8 Å². The van der Waals surface area contributed by atoms with Gasteiger partial charge >= 0.3 is 17.8 Å². The van der Waals surface area contributed by atoms with Crippen LogP contribution >= 0.6 is 0 Å². The Bertz CT molecular complexity index is 1170. The first-order valence-corrected chi connectivity index (χ1v) is 10.2. The maximum Gasteiger partial charge on any atom is 0.343 e. The fourth-order valence-electron chi connectivity index (χ4n) is 2.77. The smallest absolute Gasteiger partial charge is 0.343 e. The minimum Gasteiger partial charge on any atom is -0.492 e. The number of carbonyl (C=O) groups is 3. The van der Waals surface area contributed by atoms with E-state index in [1.807, 2.05) is 26.0 Å². The van der Waals surface area contributed by atoms with Gasteiger partial charge in [-0.05, 0) is 50.2 Å². The normalized spacial score (nSPS) is 10.5. The number of nitrogens with one attached hydrogen (secondary N) is 2. The number of esters is 1. The molecule has 2 amide bonds. The molecule has 0 radical (unpaired) electrons. The number of benzene rings is 3. The lowest BCUT2D eigenvalue weighted by Crippen LogP contribution is -2.32. The minimum absolute atomic E-state index is 0.260. The third-order valence-corrected chi connectivity index (χ3v) is 4.42. The first kappa shape index (κ1) is 23.2. The van der Waals surface area contributed by atoms with Gasteiger partial charge in [0.2, 0.25) is 0 Å². The number of aryl methyl sites for hydroxylation is 1. The standard InChI is InChI=1S/C25H23N3O5/c1-3-32-22-11-7-5-9-20(22)27-23(29)24(30)28-26-16-19-8-4-6-10-21(19)33-25(31)18-14-12-17(2)13-15-18/h4-16H,3H2,1-2H3,(H,27,29)(H,28,30). The van der Waals surface area contributed by atoms with Crippen molar-refractivity contribution < 1.29 is 23.9 Å². The molecule has 0 atom stereocenters. The zero-order valence-electron chi connectivity index (χ0n) is 18.2. The zero-order chi connectivity index (χ0) is 23.6. The van der Waals surface area contributed by atoms with Crippen molar-refractivity contribution in [2.75, 3.05) is 11.9 Å². The van der Waals surface area contributed by atoms with Crippen LogP contribution in [-0.2, 0) is 9.59 Å². The minimum atomic E-state index is -0.966. The number of para-hydroxylation sites is 3. The fraction of sp³-hybridized carbons (Fsp3) is 0.120. The van der Waals surface area contributed by atoms with Crippen LogP contribution in [0.5, 0.6) is 11.5 Å². The summed E-state index contributed by atoms with van der Waals surface area (Å²) in [5, 5.41) is 6.29. The van der Waals surface area contributed by atoms with Gasteiger partial charge < -0.3 is 14.8 Å². The molecule has 33 heavy (non-hydrogen) atoms. The van der Waals surface area contributed by atoms with Crippen molar-refractivity contribution in [1.29, 1.82) is 0 Å². The van der Waals surface area contributed by atoms with E-state index in [1.165, 1.54) is 6.21 Å². The molecular weight excluding hydrogens is 422 g/mol. The van der Waals surface area contributed by atoms with E-state index in [-0.39, 0.29) is 5.75 Å². The van der Waals surface area contributed by atoms with Crippen LogP contribution in [-0.4, -0.2) is 30.6 Å². The number of carbonyl (C=O) groups excluding carboxylic acids is 3. The second-order valence-corrected chi connectivity index (χ2v) is 6.88. The summed E-state index contributed by atoms with van der Waals surface area (Å²) in [6.07, 6.45) is 1.29. The maximum atomic E-state index is 12.4. The highest BCUT2D eigenvalue weighted by Crippen LogP contribution is 2.23. The summed E-state index contributed by atoms with van der Waals surface area (Å²) in [6.45, 7) is 4.15. The second-order valence-electron chi connectivity index (χ2n) is 6.88.